The molecule has 98 valence electrons. The normalized spacial score (nSPS) is 10.3. The lowest BCUT2D eigenvalue weighted by Gasteiger charge is -2.19. The third-order valence-electron chi connectivity index (χ3n) is 2.79. The van der Waals surface area contributed by atoms with Gasteiger partial charge < -0.3 is 15.0 Å². The topological polar surface area (TPSA) is 73.4 Å². The van der Waals surface area contributed by atoms with Gasteiger partial charge in [-0.15, -0.1) is 6.58 Å². The number of carbonyl (C=O) groups excluding carboxylic acids is 1. The lowest BCUT2D eigenvalue weighted by atomic mass is 10.1. The Labute approximate surface area is 110 Å². The SMILES string of the molecule is C=CCN(CC(=O)O)C(=O)c1cccc2[nH]ccc12. The number of fused-ring (bicyclic) bond motifs is 1. The standard InChI is InChI=1S/C14H14N2O3/c1-2-8-16(9-13(17)18)14(19)11-4-3-5-12-10(11)6-7-15-12/h2-7,15H,1,8-9H2,(H,17,18). The molecule has 0 aliphatic heterocycles. The Morgan fingerprint density at radius 2 is 2.16 bits per heavy atom. The van der Waals surface area contributed by atoms with Gasteiger partial charge in [0.15, 0.2) is 0 Å². The molecule has 0 saturated heterocycles. The predicted octanol–water partition coefficient (Wildman–Crippen LogP) is 1.88. The summed E-state index contributed by atoms with van der Waals surface area (Å²) in [6.07, 6.45) is 3.26. The molecular formula is C14H14N2O3. The summed E-state index contributed by atoms with van der Waals surface area (Å²) in [5.74, 6) is -1.36. The zero-order valence-electron chi connectivity index (χ0n) is 10.3. The zero-order chi connectivity index (χ0) is 13.8. The Morgan fingerprint density at radius 3 is 2.84 bits per heavy atom. The molecule has 0 fully saturated rings. The van der Waals surface area contributed by atoms with Gasteiger partial charge in [-0.25, -0.2) is 0 Å². The van der Waals surface area contributed by atoms with Crippen molar-refractivity contribution in [3.63, 3.8) is 0 Å². The van der Waals surface area contributed by atoms with E-state index >= 15 is 0 Å². The fourth-order valence-electron chi connectivity index (χ4n) is 1.98. The van der Waals surface area contributed by atoms with Crippen LogP contribution < -0.4 is 0 Å². The number of aromatic amines is 1. The van der Waals surface area contributed by atoms with Crippen LogP contribution in [0.5, 0.6) is 0 Å². The first kappa shape index (κ1) is 12.9. The lowest BCUT2D eigenvalue weighted by molar-refractivity contribution is -0.137. The quantitative estimate of drug-likeness (QED) is 0.804. The molecule has 0 bridgehead atoms. The third-order valence-corrected chi connectivity index (χ3v) is 2.79. The minimum atomic E-state index is -1.04. The van der Waals surface area contributed by atoms with Gasteiger partial charge in [0.1, 0.15) is 6.54 Å². The number of carboxylic acid groups (broad SMARTS) is 1. The molecule has 0 aliphatic rings. The van der Waals surface area contributed by atoms with E-state index in [1.807, 2.05) is 6.07 Å². The van der Waals surface area contributed by atoms with Gasteiger partial charge in [-0.2, -0.15) is 0 Å². The number of carboxylic acids is 1. The van der Waals surface area contributed by atoms with E-state index in [0.717, 1.165) is 10.9 Å². The third kappa shape index (κ3) is 2.65. The van der Waals surface area contributed by atoms with Crippen LogP contribution >= 0.6 is 0 Å². The number of aromatic nitrogens is 1. The van der Waals surface area contributed by atoms with E-state index in [1.54, 1.807) is 24.4 Å². The summed E-state index contributed by atoms with van der Waals surface area (Å²) in [5, 5.41) is 9.63. The summed E-state index contributed by atoms with van der Waals surface area (Å²) in [6, 6.07) is 7.12. The first-order chi connectivity index (χ1) is 9.13. The highest BCUT2D eigenvalue weighted by Crippen LogP contribution is 2.19. The van der Waals surface area contributed by atoms with Crippen molar-refractivity contribution < 1.29 is 14.7 Å². The van der Waals surface area contributed by atoms with Crippen molar-refractivity contribution in [1.82, 2.24) is 9.88 Å². The second kappa shape index (κ2) is 5.39. The second-order valence-electron chi connectivity index (χ2n) is 4.11. The van der Waals surface area contributed by atoms with Crippen molar-refractivity contribution in [2.75, 3.05) is 13.1 Å². The molecule has 2 rings (SSSR count). The monoisotopic (exact) mass is 258 g/mol. The maximum atomic E-state index is 12.4. The largest absolute Gasteiger partial charge is 0.480 e. The minimum absolute atomic E-state index is 0.200. The molecular weight excluding hydrogens is 244 g/mol. The predicted molar refractivity (Wildman–Crippen MR) is 72.0 cm³/mol. The van der Waals surface area contributed by atoms with Crippen LogP contribution in [0.15, 0.2) is 43.1 Å². The molecule has 1 amide bonds. The van der Waals surface area contributed by atoms with Crippen LogP contribution in [-0.4, -0.2) is 40.0 Å². The van der Waals surface area contributed by atoms with E-state index in [-0.39, 0.29) is 19.0 Å². The fraction of sp³-hybridized carbons (Fsp3) is 0.143. The van der Waals surface area contributed by atoms with Gasteiger partial charge in [-0.3, -0.25) is 9.59 Å². The van der Waals surface area contributed by atoms with E-state index in [2.05, 4.69) is 11.6 Å². The van der Waals surface area contributed by atoms with Crippen LogP contribution in [0.4, 0.5) is 0 Å². The van der Waals surface area contributed by atoms with Gasteiger partial charge in [0.05, 0.1) is 0 Å². The summed E-state index contributed by atoms with van der Waals surface area (Å²) in [6.45, 7) is 3.40. The van der Waals surface area contributed by atoms with Gasteiger partial charge in [0.2, 0.25) is 0 Å². The average Bonchev–Trinajstić information content (AvgIpc) is 2.85. The van der Waals surface area contributed by atoms with E-state index in [4.69, 9.17) is 5.11 Å². The maximum Gasteiger partial charge on any atom is 0.323 e. The molecule has 0 atom stereocenters. The van der Waals surface area contributed by atoms with Crippen LogP contribution in [0, 0.1) is 0 Å². The molecule has 2 aromatic rings. The Morgan fingerprint density at radius 1 is 1.37 bits per heavy atom. The number of carbonyl (C=O) groups is 2. The molecule has 0 saturated carbocycles. The van der Waals surface area contributed by atoms with Crippen molar-refractivity contribution >= 4 is 22.8 Å². The minimum Gasteiger partial charge on any atom is -0.480 e. The van der Waals surface area contributed by atoms with Gasteiger partial charge >= 0.3 is 5.97 Å². The molecule has 0 spiro atoms. The Bertz CT molecular complexity index is 630. The van der Waals surface area contributed by atoms with Gasteiger partial charge in [0.25, 0.3) is 5.91 Å². The number of hydrogen-bond donors (Lipinski definition) is 2. The number of H-pyrrole nitrogens is 1. The number of rotatable bonds is 5. The van der Waals surface area contributed by atoms with E-state index in [0.29, 0.717) is 5.56 Å². The molecule has 2 N–H and O–H groups in total. The number of benzene rings is 1. The molecule has 1 heterocycles. The second-order valence-corrected chi connectivity index (χ2v) is 4.11. The summed E-state index contributed by atoms with van der Waals surface area (Å²) in [4.78, 5) is 27.4. The van der Waals surface area contributed by atoms with Crippen molar-refractivity contribution in [2.45, 2.75) is 0 Å². The Balaban J connectivity index is 2.37. The molecule has 5 nitrogen and oxygen atoms in total. The highest BCUT2D eigenvalue weighted by atomic mass is 16.4. The summed E-state index contributed by atoms with van der Waals surface area (Å²) in [7, 11) is 0. The Kier molecular flexibility index (Phi) is 3.66. The average molecular weight is 258 g/mol. The zero-order valence-corrected chi connectivity index (χ0v) is 10.3. The Hall–Kier alpha value is -2.56. The van der Waals surface area contributed by atoms with Crippen LogP contribution in [-0.2, 0) is 4.79 Å². The van der Waals surface area contributed by atoms with Crippen LogP contribution in [0.2, 0.25) is 0 Å². The number of nitrogens with one attached hydrogen (secondary N) is 1. The first-order valence-electron chi connectivity index (χ1n) is 5.81. The highest BCUT2D eigenvalue weighted by molar-refractivity contribution is 6.07. The molecule has 0 radical (unpaired) electrons. The molecule has 5 heteroatoms. The summed E-state index contributed by atoms with van der Waals surface area (Å²) in [5.41, 5.74) is 1.33. The van der Waals surface area contributed by atoms with Crippen molar-refractivity contribution in [3.05, 3.63) is 48.7 Å². The summed E-state index contributed by atoms with van der Waals surface area (Å²) >= 11 is 0. The molecule has 1 aromatic carbocycles. The fourth-order valence-corrected chi connectivity index (χ4v) is 1.98. The number of hydrogen-bond acceptors (Lipinski definition) is 2. The number of aliphatic carboxylic acids is 1. The molecule has 0 aliphatic carbocycles. The van der Waals surface area contributed by atoms with Gasteiger partial charge in [-0.1, -0.05) is 12.1 Å². The summed E-state index contributed by atoms with van der Waals surface area (Å²) < 4.78 is 0. The molecule has 19 heavy (non-hydrogen) atoms. The highest BCUT2D eigenvalue weighted by Gasteiger charge is 2.19. The maximum absolute atomic E-state index is 12.4. The van der Waals surface area contributed by atoms with Gasteiger partial charge in [-0.05, 0) is 18.2 Å². The smallest absolute Gasteiger partial charge is 0.323 e. The van der Waals surface area contributed by atoms with E-state index in [9.17, 15) is 9.59 Å². The van der Waals surface area contributed by atoms with Crippen molar-refractivity contribution in [2.24, 2.45) is 0 Å². The first-order valence-corrected chi connectivity index (χ1v) is 5.81. The number of amides is 1. The number of nitrogens with zero attached hydrogens (tertiary/aromatic N) is 1. The van der Waals surface area contributed by atoms with Crippen molar-refractivity contribution in [3.8, 4) is 0 Å². The lowest BCUT2D eigenvalue weighted by Crippen LogP contribution is -2.35. The molecule has 0 unspecified atom stereocenters. The van der Waals surface area contributed by atoms with Crippen molar-refractivity contribution in [1.29, 1.82) is 0 Å². The van der Waals surface area contributed by atoms with Crippen LogP contribution in [0.25, 0.3) is 10.9 Å². The van der Waals surface area contributed by atoms with Crippen LogP contribution in [0.1, 0.15) is 10.4 Å². The van der Waals surface area contributed by atoms with Gasteiger partial charge in [0, 0.05) is 29.2 Å². The van der Waals surface area contributed by atoms with Crippen LogP contribution in [0.3, 0.4) is 0 Å². The molecule has 1 aromatic heterocycles. The van der Waals surface area contributed by atoms with E-state index < -0.39 is 5.97 Å². The van der Waals surface area contributed by atoms with E-state index in [1.165, 1.54) is 11.0 Å².